The average molecular weight is 377 g/mol. The molecule has 0 saturated carbocycles. The average Bonchev–Trinajstić information content (AvgIpc) is 2.97. The number of hydrogen-bond donors (Lipinski definition) is 1. The lowest BCUT2D eigenvalue weighted by molar-refractivity contribution is 0.297. The SMILES string of the molecule is Fc1ccccc1-c1nnc2ccc(Nc3ccc4c(c3)OCCCO4)nn12. The van der Waals surface area contributed by atoms with Crippen LogP contribution in [-0.4, -0.2) is 33.0 Å². The molecule has 1 aliphatic heterocycles. The third-order valence-corrected chi connectivity index (χ3v) is 4.40. The molecule has 2 aromatic heterocycles. The quantitative estimate of drug-likeness (QED) is 0.585. The minimum atomic E-state index is -0.375. The van der Waals surface area contributed by atoms with Gasteiger partial charge in [-0.25, -0.2) is 4.39 Å². The molecule has 7 nitrogen and oxygen atoms in total. The molecule has 5 rings (SSSR count). The van der Waals surface area contributed by atoms with Crippen LogP contribution in [0, 0.1) is 5.82 Å². The highest BCUT2D eigenvalue weighted by Crippen LogP contribution is 2.33. The zero-order chi connectivity index (χ0) is 18.9. The number of anilines is 2. The van der Waals surface area contributed by atoms with Gasteiger partial charge in [0.2, 0.25) is 0 Å². The van der Waals surface area contributed by atoms with Crippen LogP contribution in [0.1, 0.15) is 6.42 Å². The number of hydrogen-bond acceptors (Lipinski definition) is 6. The van der Waals surface area contributed by atoms with Crippen molar-refractivity contribution in [1.29, 1.82) is 0 Å². The number of fused-ring (bicyclic) bond motifs is 2. The maximum absolute atomic E-state index is 14.2. The summed E-state index contributed by atoms with van der Waals surface area (Å²) in [6, 6.07) is 15.6. The summed E-state index contributed by atoms with van der Waals surface area (Å²) in [5.74, 6) is 1.96. The molecule has 0 amide bonds. The highest BCUT2D eigenvalue weighted by molar-refractivity contribution is 5.64. The lowest BCUT2D eigenvalue weighted by atomic mass is 10.2. The van der Waals surface area contributed by atoms with Gasteiger partial charge in [-0.15, -0.1) is 15.3 Å². The molecule has 0 aliphatic carbocycles. The first-order chi connectivity index (χ1) is 13.8. The van der Waals surface area contributed by atoms with Crippen molar-refractivity contribution in [2.45, 2.75) is 6.42 Å². The van der Waals surface area contributed by atoms with Gasteiger partial charge in [-0.1, -0.05) is 12.1 Å². The van der Waals surface area contributed by atoms with Crippen LogP contribution in [0.15, 0.2) is 54.6 Å². The molecule has 28 heavy (non-hydrogen) atoms. The fourth-order valence-electron chi connectivity index (χ4n) is 3.05. The van der Waals surface area contributed by atoms with Crippen molar-refractivity contribution in [3.05, 3.63) is 60.4 Å². The second-order valence-electron chi connectivity index (χ2n) is 6.33. The van der Waals surface area contributed by atoms with E-state index >= 15 is 0 Å². The Bertz CT molecular complexity index is 1160. The minimum absolute atomic E-state index is 0.343. The van der Waals surface area contributed by atoms with Crippen LogP contribution in [0.5, 0.6) is 11.5 Å². The second-order valence-corrected chi connectivity index (χ2v) is 6.33. The Morgan fingerprint density at radius 2 is 1.79 bits per heavy atom. The monoisotopic (exact) mass is 377 g/mol. The van der Waals surface area contributed by atoms with Gasteiger partial charge in [0.15, 0.2) is 28.8 Å². The Hall–Kier alpha value is -3.68. The molecule has 0 radical (unpaired) electrons. The lowest BCUT2D eigenvalue weighted by Gasteiger charge is -2.11. The summed E-state index contributed by atoms with van der Waals surface area (Å²) in [5, 5.41) is 15.9. The van der Waals surface area contributed by atoms with E-state index in [1.54, 1.807) is 30.3 Å². The zero-order valence-electron chi connectivity index (χ0n) is 14.8. The van der Waals surface area contributed by atoms with Gasteiger partial charge in [0.25, 0.3) is 0 Å². The predicted octanol–water partition coefficient (Wildman–Crippen LogP) is 3.84. The molecule has 0 bridgehead atoms. The molecular weight excluding hydrogens is 361 g/mol. The van der Waals surface area contributed by atoms with Crippen LogP contribution in [0.4, 0.5) is 15.9 Å². The summed E-state index contributed by atoms with van der Waals surface area (Å²) in [4.78, 5) is 0. The van der Waals surface area contributed by atoms with E-state index < -0.39 is 0 Å². The summed E-state index contributed by atoms with van der Waals surface area (Å²) in [7, 11) is 0. The van der Waals surface area contributed by atoms with Crippen molar-refractivity contribution < 1.29 is 13.9 Å². The van der Waals surface area contributed by atoms with Gasteiger partial charge in [0.05, 0.1) is 18.8 Å². The molecular formula is C20H16FN5O2. The Kier molecular flexibility index (Phi) is 4.01. The number of ether oxygens (including phenoxy) is 2. The molecule has 4 aromatic rings. The van der Waals surface area contributed by atoms with Gasteiger partial charge in [-0.3, -0.25) is 0 Å². The second kappa shape index (κ2) is 6.80. The number of nitrogens with one attached hydrogen (secondary N) is 1. The standard InChI is InChI=1S/C20H16FN5O2/c21-15-5-2-1-4-14(15)20-24-23-19-9-8-18(25-26(19)20)22-13-6-7-16-17(12-13)28-11-3-10-27-16/h1-2,4-9,12H,3,10-11H2,(H,22,25). The summed E-state index contributed by atoms with van der Waals surface area (Å²) in [6.07, 6.45) is 0.849. The molecule has 2 aromatic carbocycles. The molecule has 0 fully saturated rings. The van der Waals surface area contributed by atoms with Gasteiger partial charge in [-0.05, 0) is 36.4 Å². The van der Waals surface area contributed by atoms with Crippen molar-refractivity contribution in [2.75, 3.05) is 18.5 Å². The highest BCUT2D eigenvalue weighted by Gasteiger charge is 2.14. The molecule has 140 valence electrons. The molecule has 0 spiro atoms. The van der Waals surface area contributed by atoms with Crippen LogP contribution < -0.4 is 14.8 Å². The Morgan fingerprint density at radius 1 is 0.929 bits per heavy atom. The summed E-state index contributed by atoms with van der Waals surface area (Å²) >= 11 is 0. The smallest absolute Gasteiger partial charge is 0.188 e. The van der Waals surface area contributed by atoms with E-state index in [1.807, 2.05) is 18.2 Å². The fraction of sp³-hybridized carbons (Fsp3) is 0.150. The van der Waals surface area contributed by atoms with E-state index in [1.165, 1.54) is 10.6 Å². The molecule has 8 heteroatoms. The maximum Gasteiger partial charge on any atom is 0.188 e. The number of aromatic nitrogens is 4. The fourth-order valence-corrected chi connectivity index (χ4v) is 3.05. The largest absolute Gasteiger partial charge is 0.490 e. The van der Waals surface area contributed by atoms with Crippen molar-refractivity contribution in [3.63, 3.8) is 0 Å². The van der Waals surface area contributed by atoms with Crippen LogP contribution in [0.3, 0.4) is 0 Å². The third-order valence-electron chi connectivity index (χ3n) is 4.40. The molecule has 3 heterocycles. The van der Waals surface area contributed by atoms with E-state index in [9.17, 15) is 4.39 Å². The van der Waals surface area contributed by atoms with Crippen molar-refractivity contribution in [2.24, 2.45) is 0 Å². The Labute approximate surface area is 159 Å². The minimum Gasteiger partial charge on any atom is -0.490 e. The number of nitrogens with zero attached hydrogens (tertiary/aromatic N) is 4. The van der Waals surface area contributed by atoms with E-state index in [2.05, 4.69) is 20.6 Å². The van der Waals surface area contributed by atoms with Crippen LogP contribution in [-0.2, 0) is 0 Å². The van der Waals surface area contributed by atoms with Crippen LogP contribution in [0.2, 0.25) is 0 Å². The molecule has 0 unspecified atom stereocenters. The van der Waals surface area contributed by atoms with E-state index in [4.69, 9.17) is 9.47 Å². The summed E-state index contributed by atoms with van der Waals surface area (Å²) in [6.45, 7) is 1.26. The van der Waals surface area contributed by atoms with Crippen molar-refractivity contribution >= 4 is 17.2 Å². The molecule has 1 N–H and O–H groups in total. The van der Waals surface area contributed by atoms with E-state index in [0.29, 0.717) is 41.8 Å². The number of benzene rings is 2. The normalized spacial score (nSPS) is 13.3. The number of rotatable bonds is 3. The maximum atomic E-state index is 14.2. The van der Waals surface area contributed by atoms with Crippen LogP contribution in [0.25, 0.3) is 17.0 Å². The van der Waals surface area contributed by atoms with Crippen molar-refractivity contribution in [3.8, 4) is 22.9 Å². The van der Waals surface area contributed by atoms with Gasteiger partial charge in [-0.2, -0.15) is 4.52 Å². The first-order valence-corrected chi connectivity index (χ1v) is 8.92. The van der Waals surface area contributed by atoms with Crippen LogP contribution >= 0.6 is 0 Å². The van der Waals surface area contributed by atoms with Gasteiger partial charge < -0.3 is 14.8 Å². The zero-order valence-corrected chi connectivity index (χ0v) is 14.8. The van der Waals surface area contributed by atoms with Gasteiger partial charge >= 0.3 is 0 Å². The van der Waals surface area contributed by atoms with Gasteiger partial charge in [0, 0.05) is 18.2 Å². The first kappa shape index (κ1) is 16.5. The molecule has 0 saturated heterocycles. The molecule has 0 atom stereocenters. The topological polar surface area (TPSA) is 73.6 Å². The lowest BCUT2D eigenvalue weighted by Crippen LogP contribution is -2.01. The third kappa shape index (κ3) is 2.98. The van der Waals surface area contributed by atoms with Gasteiger partial charge in [0.1, 0.15) is 5.82 Å². The molecule has 1 aliphatic rings. The Balaban J connectivity index is 1.50. The first-order valence-electron chi connectivity index (χ1n) is 8.92. The summed E-state index contributed by atoms with van der Waals surface area (Å²) in [5.41, 5.74) is 1.68. The van der Waals surface area contributed by atoms with Crippen molar-refractivity contribution in [1.82, 2.24) is 19.8 Å². The Morgan fingerprint density at radius 3 is 2.68 bits per heavy atom. The summed E-state index contributed by atoms with van der Waals surface area (Å²) < 4.78 is 27.1. The predicted molar refractivity (Wildman–Crippen MR) is 102 cm³/mol. The van der Waals surface area contributed by atoms with E-state index in [0.717, 1.165) is 17.9 Å². The van der Waals surface area contributed by atoms with E-state index in [-0.39, 0.29) is 5.82 Å². The highest BCUT2D eigenvalue weighted by atomic mass is 19.1. The number of halogens is 1.